The van der Waals surface area contributed by atoms with Crippen molar-refractivity contribution >= 4 is 11.7 Å². The summed E-state index contributed by atoms with van der Waals surface area (Å²) in [5.41, 5.74) is 5.71. The summed E-state index contributed by atoms with van der Waals surface area (Å²) in [5, 5.41) is 0. The SMILES string of the molecule is NC(=O)C1CCN(CC(=O)c2ccc(F)cc2)C1. The second-order valence-corrected chi connectivity index (χ2v) is 4.55. The van der Waals surface area contributed by atoms with Crippen molar-refractivity contribution in [1.82, 2.24) is 4.90 Å². The molecule has 1 aliphatic heterocycles. The van der Waals surface area contributed by atoms with E-state index in [1.54, 1.807) is 0 Å². The molecule has 1 amide bonds. The van der Waals surface area contributed by atoms with Crippen LogP contribution in [0, 0.1) is 11.7 Å². The van der Waals surface area contributed by atoms with Gasteiger partial charge >= 0.3 is 0 Å². The number of carbonyl (C=O) groups is 2. The highest BCUT2D eigenvalue weighted by molar-refractivity contribution is 5.97. The summed E-state index contributed by atoms with van der Waals surface area (Å²) < 4.78 is 12.7. The number of carbonyl (C=O) groups excluding carboxylic acids is 2. The van der Waals surface area contributed by atoms with Crippen molar-refractivity contribution in [2.24, 2.45) is 11.7 Å². The Morgan fingerprint density at radius 3 is 2.56 bits per heavy atom. The van der Waals surface area contributed by atoms with Crippen molar-refractivity contribution in [2.45, 2.75) is 6.42 Å². The van der Waals surface area contributed by atoms with Crippen molar-refractivity contribution in [3.8, 4) is 0 Å². The van der Waals surface area contributed by atoms with Crippen LogP contribution in [0.25, 0.3) is 0 Å². The quantitative estimate of drug-likeness (QED) is 0.804. The highest BCUT2D eigenvalue weighted by atomic mass is 19.1. The van der Waals surface area contributed by atoms with Gasteiger partial charge in [-0.05, 0) is 37.2 Å². The lowest BCUT2D eigenvalue weighted by molar-refractivity contribution is -0.121. The van der Waals surface area contributed by atoms with Crippen molar-refractivity contribution in [3.05, 3.63) is 35.6 Å². The molecule has 0 radical (unpaired) electrons. The Morgan fingerprint density at radius 2 is 2.00 bits per heavy atom. The fourth-order valence-corrected chi connectivity index (χ4v) is 2.14. The molecule has 1 aromatic rings. The molecule has 1 aliphatic rings. The van der Waals surface area contributed by atoms with Gasteiger partial charge in [0.15, 0.2) is 5.78 Å². The number of halogens is 1. The first-order valence-electron chi connectivity index (χ1n) is 5.86. The van der Waals surface area contributed by atoms with E-state index in [4.69, 9.17) is 5.73 Å². The minimum atomic E-state index is -0.360. The maximum atomic E-state index is 12.7. The average Bonchev–Trinajstić information content (AvgIpc) is 2.78. The van der Waals surface area contributed by atoms with Crippen LogP contribution in [0.3, 0.4) is 0 Å². The van der Waals surface area contributed by atoms with Crippen molar-refractivity contribution in [2.75, 3.05) is 19.6 Å². The lowest BCUT2D eigenvalue weighted by Gasteiger charge is -2.14. The molecule has 0 bridgehead atoms. The highest BCUT2D eigenvalue weighted by Gasteiger charge is 2.27. The van der Waals surface area contributed by atoms with E-state index in [-0.39, 0.29) is 30.0 Å². The van der Waals surface area contributed by atoms with Crippen LogP contribution in [0.1, 0.15) is 16.8 Å². The fourth-order valence-electron chi connectivity index (χ4n) is 2.14. The molecule has 1 heterocycles. The number of primary amides is 1. The Labute approximate surface area is 105 Å². The standard InChI is InChI=1S/C13H15FN2O2/c14-11-3-1-9(2-4-11)12(17)8-16-6-5-10(7-16)13(15)18/h1-4,10H,5-8H2,(H2,15,18). The molecule has 18 heavy (non-hydrogen) atoms. The first-order chi connectivity index (χ1) is 8.56. The topological polar surface area (TPSA) is 63.4 Å². The summed E-state index contributed by atoms with van der Waals surface area (Å²) in [4.78, 5) is 24.8. The summed E-state index contributed by atoms with van der Waals surface area (Å²) in [6, 6.07) is 5.48. The molecule has 1 atom stereocenters. The summed E-state index contributed by atoms with van der Waals surface area (Å²) >= 11 is 0. The molecule has 1 saturated heterocycles. The number of amides is 1. The lowest BCUT2D eigenvalue weighted by Crippen LogP contribution is -2.31. The van der Waals surface area contributed by atoms with E-state index in [0.717, 1.165) is 0 Å². The van der Waals surface area contributed by atoms with Crippen molar-refractivity contribution in [3.63, 3.8) is 0 Å². The molecule has 2 N–H and O–H groups in total. The molecule has 0 aromatic heterocycles. The summed E-state index contributed by atoms with van der Waals surface area (Å²) in [7, 11) is 0. The van der Waals surface area contributed by atoms with E-state index >= 15 is 0 Å². The minimum absolute atomic E-state index is 0.0693. The Morgan fingerprint density at radius 1 is 1.33 bits per heavy atom. The van der Waals surface area contributed by atoms with Crippen LogP contribution in [0.15, 0.2) is 24.3 Å². The second kappa shape index (κ2) is 5.27. The maximum absolute atomic E-state index is 12.7. The van der Waals surface area contributed by atoms with Gasteiger partial charge in [-0.3, -0.25) is 14.5 Å². The third-order valence-corrected chi connectivity index (χ3v) is 3.21. The third-order valence-electron chi connectivity index (χ3n) is 3.21. The van der Waals surface area contributed by atoms with Gasteiger partial charge in [0.1, 0.15) is 5.82 Å². The lowest BCUT2D eigenvalue weighted by atomic mass is 10.1. The number of hydrogen-bond donors (Lipinski definition) is 1. The molecule has 1 unspecified atom stereocenters. The summed E-state index contributed by atoms with van der Waals surface area (Å²) in [6.45, 7) is 1.47. The first kappa shape index (κ1) is 12.7. The number of nitrogens with two attached hydrogens (primary N) is 1. The molecule has 1 fully saturated rings. The van der Waals surface area contributed by atoms with Gasteiger partial charge < -0.3 is 5.73 Å². The molecular weight excluding hydrogens is 235 g/mol. The Hall–Kier alpha value is -1.75. The second-order valence-electron chi connectivity index (χ2n) is 4.55. The van der Waals surface area contributed by atoms with Gasteiger partial charge in [0.25, 0.3) is 0 Å². The Kier molecular flexibility index (Phi) is 3.72. The Balaban J connectivity index is 1.92. The van der Waals surface area contributed by atoms with Crippen LogP contribution in [-0.2, 0) is 4.79 Å². The number of hydrogen-bond acceptors (Lipinski definition) is 3. The molecular formula is C13H15FN2O2. The highest BCUT2D eigenvalue weighted by Crippen LogP contribution is 2.16. The molecule has 1 aromatic carbocycles. The summed E-state index contributed by atoms with van der Waals surface area (Å²) in [6.07, 6.45) is 0.700. The van der Waals surface area contributed by atoms with E-state index in [1.165, 1.54) is 24.3 Å². The van der Waals surface area contributed by atoms with E-state index in [9.17, 15) is 14.0 Å². The molecule has 0 spiro atoms. The van der Waals surface area contributed by atoms with Crippen LogP contribution in [0.4, 0.5) is 4.39 Å². The summed E-state index contributed by atoms with van der Waals surface area (Å²) in [5.74, 6) is -0.903. The molecule has 4 nitrogen and oxygen atoms in total. The van der Waals surface area contributed by atoms with Crippen LogP contribution < -0.4 is 5.73 Å². The predicted molar refractivity (Wildman–Crippen MR) is 64.5 cm³/mol. The smallest absolute Gasteiger partial charge is 0.221 e. The first-order valence-corrected chi connectivity index (χ1v) is 5.86. The van der Waals surface area contributed by atoms with Gasteiger partial charge in [0, 0.05) is 12.1 Å². The van der Waals surface area contributed by atoms with Crippen LogP contribution >= 0.6 is 0 Å². The van der Waals surface area contributed by atoms with E-state index in [1.807, 2.05) is 4.90 Å². The van der Waals surface area contributed by atoms with Gasteiger partial charge in [-0.25, -0.2) is 4.39 Å². The largest absolute Gasteiger partial charge is 0.369 e. The molecule has 0 saturated carbocycles. The maximum Gasteiger partial charge on any atom is 0.221 e. The monoisotopic (exact) mass is 250 g/mol. The van der Waals surface area contributed by atoms with Gasteiger partial charge in [-0.2, -0.15) is 0 Å². The molecule has 0 aliphatic carbocycles. The number of rotatable bonds is 4. The van der Waals surface area contributed by atoms with E-state index in [0.29, 0.717) is 25.1 Å². The molecule has 5 heteroatoms. The van der Waals surface area contributed by atoms with Crippen LogP contribution in [-0.4, -0.2) is 36.2 Å². The minimum Gasteiger partial charge on any atom is -0.369 e. The number of ketones is 1. The number of nitrogens with zero attached hydrogens (tertiary/aromatic N) is 1. The normalized spacial score (nSPS) is 19.9. The fraction of sp³-hybridized carbons (Fsp3) is 0.385. The zero-order chi connectivity index (χ0) is 13.1. The van der Waals surface area contributed by atoms with Crippen molar-refractivity contribution in [1.29, 1.82) is 0 Å². The van der Waals surface area contributed by atoms with E-state index < -0.39 is 0 Å². The molecule has 2 rings (SSSR count). The van der Waals surface area contributed by atoms with Crippen LogP contribution in [0.2, 0.25) is 0 Å². The third kappa shape index (κ3) is 2.92. The number of likely N-dealkylation sites (tertiary alicyclic amines) is 1. The van der Waals surface area contributed by atoms with Crippen LogP contribution in [0.5, 0.6) is 0 Å². The predicted octanol–water partition coefficient (Wildman–Crippen LogP) is 0.816. The number of Topliss-reactive ketones (excluding diaryl/α,β-unsaturated/α-hetero) is 1. The van der Waals surface area contributed by atoms with Gasteiger partial charge in [-0.1, -0.05) is 0 Å². The van der Waals surface area contributed by atoms with Crippen molar-refractivity contribution < 1.29 is 14.0 Å². The van der Waals surface area contributed by atoms with Gasteiger partial charge in [0.2, 0.25) is 5.91 Å². The van der Waals surface area contributed by atoms with Gasteiger partial charge in [0.05, 0.1) is 12.5 Å². The zero-order valence-corrected chi connectivity index (χ0v) is 9.93. The number of benzene rings is 1. The average molecular weight is 250 g/mol. The molecule has 96 valence electrons. The zero-order valence-electron chi connectivity index (χ0n) is 9.93. The Bertz CT molecular complexity index is 459. The van der Waals surface area contributed by atoms with E-state index in [2.05, 4.69) is 0 Å². The van der Waals surface area contributed by atoms with Gasteiger partial charge in [-0.15, -0.1) is 0 Å².